The third-order valence-electron chi connectivity index (χ3n) is 4.44. The summed E-state index contributed by atoms with van der Waals surface area (Å²) >= 11 is 0. The zero-order valence-electron chi connectivity index (χ0n) is 14.7. The van der Waals surface area contributed by atoms with Gasteiger partial charge in [0.05, 0.1) is 19.6 Å². The van der Waals surface area contributed by atoms with E-state index in [1.54, 1.807) is 25.3 Å². The van der Waals surface area contributed by atoms with E-state index in [-0.39, 0.29) is 24.2 Å². The average molecular weight is 342 g/mol. The molecular formula is C18H22N4O3. The van der Waals surface area contributed by atoms with Crippen molar-refractivity contribution in [2.45, 2.75) is 45.7 Å². The summed E-state index contributed by atoms with van der Waals surface area (Å²) in [4.78, 5) is 24.0. The van der Waals surface area contributed by atoms with Crippen LogP contribution in [0.5, 0.6) is 5.75 Å². The van der Waals surface area contributed by atoms with Gasteiger partial charge in [-0.3, -0.25) is 9.59 Å². The molecule has 7 heteroatoms. The van der Waals surface area contributed by atoms with Crippen LogP contribution in [0.1, 0.15) is 53.9 Å². The van der Waals surface area contributed by atoms with Crippen LogP contribution in [0.2, 0.25) is 0 Å². The van der Waals surface area contributed by atoms with Crippen LogP contribution in [0.3, 0.4) is 0 Å². The minimum atomic E-state index is -0.228. The first-order valence-electron chi connectivity index (χ1n) is 8.38. The van der Waals surface area contributed by atoms with Crippen LogP contribution in [0.15, 0.2) is 18.2 Å². The maximum atomic E-state index is 12.5. The molecule has 0 aliphatic carbocycles. The van der Waals surface area contributed by atoms with Crippen molar-refractivity contribution < 1.29 is 14.3 Å². The highest BCUT2D eigenvalue weighted by atomic mass is 16.5. The van der Waals surface area contributed by atoms with E-state index in [0.717, 1.165) is 31.0 Å². The van der Waals surface area contributed by atoms with Crippen molar-refractivity contribution in [2.75, 3.05) is 7.11 Å². The number of rotatable bonds is 6. The van der Waals surface area contributed by atoms with Crippen LogP contribution < -0.4 is 10.1 Å². The van der Waals surface area contributed by atoms with Crippen molar-refractivity contribution in [3.63, 3.8) is 0 Å². The highest BCUT2D eigenvalue weighted by molar-refractivity contribution is 5.94. The third kappa shape index (κ3) is 3.55. The van der Waals surface area contributed by atoms with Gasteiger partial charge in [0, 0.05) is 24.1 Å². The standard InChI is InChI=1S/C18H22N4O3/c1-11(18-21-20-16-5-4-8-22(16)18)19-17(24)10-14-9-13(12(2)23)6-7-15(14)25-3/h6-7,9,11H,4-5,8,10H2,1-3H3,(H,19,24). The van der Waals surface area contributed by atoms with Crippen molar-refractivity contribution >= 4 is 11.7 Å². The van der Waals surface area contributed by atoms with Gasteiger partial charge in [-0.15, -0.1) is 10.2 Å². The number of Topliss-reactive ketones (excluding diaryl/α,β-unsaturated/α-hetero) is 1. The molecule has 1 aromatic heterocycles. The number of hydrogen-bond donors (Lipinski definition) is 1. The Bertz CT molecular complexity index is 813. The van der Waals surface area contributed by atoms with Gasteiger partial charge >= 0.3 is 0 Å². The highest BCUT2D eigenvalue weighted by Gasteiger charge is 2.22. The van der Waals surface area contributed by atoms with Crippen LogP contribution >= 0.6 is 0 Å². The Labute approximate surface area is 146 Å². The van der Waals surface area contributed by atoms with Gasteiger partial charge in [-0.1, -0.05) is 0 Å². The Morgan fingerprint density at radius 3 is 2.88 bits per heavy atom. The molecule has 2 aromatic rings. The number of ketones is 1. The molecule has 1 N–H and O–H groups in total. The number of ether oxygens (including phenoxy) is 1. The molecule has 2 heterocycles. The monoisotopic (exact) mass is 342 g/mol. The van der Waals surface area contributed by atoms with Crippen molar-refractivity contribution in [2.24, 2.45) is 0 Å². The fourth-order valence-corrected chi connectivity index (χ4v) is 3.16. The van der Waals surface area contributed by atoms with E-state index in [0.29, 0.717) is 16.9 Å². The Balaban J connectivity index is 1.71. The van der Waals surface area contributed by atoms with Crippen LogP contribution in [0.25, 0.3) is 0 Å². The van der Waals surface area contributed by atoms with Crippen LogP contribution in [-0.2, 0) is 24.2 Å². The van der Waals surface area contributed by atoms with Crippen molar-refractivity contribution in [1.29, 1.82) is 0 Å². The van der Waals surface area contributed by atoms with Gasteiger partial charge in [-0.2, -0.15) is 0 Å². The summed E-state index contributed by atoms with van der Waals surface area (Å²) in [5.41, 5.74) is 1.25. The zero-order valence-corrected chi connectivity index (χ0v) is 14.7. The number of aryl methyl sites for hydroxylation is 1. The Hall–Kier alpha value is -2.70. The van der Waals surface area contributed by atoms with Crippen LogP contribution in [0, 0.1) is 0 Å². The number of fused-ring (bicyclic) bond motifs is 1. The lowest BCUT2D eigenvalue weighted by Gasteiger charge is -2.15. The first-order chi connectivity index (χ1) is 12.0. The molecule has 25 heavy (non-hydrogen) atoms. The first-order valence-corrected chi connectivity index (χ1v) is 8.38. The minimum absolute atomic E-state index is 0.0447. The van der Waals surface area contributed by atoms with Gasteiger partial charge < -0.3 is 14.6 Å². The SMILES string of the molecule is COc1ccc(C(C)=O)cc1CC(=O)NC(C)c1nnc2n1CCC2. The van der Waals surface area contributed by atoms with E-state index in [9.17, 15) is 9.59 Å². The first kappa shape index (κ1) is 17.1. The summed E-state index contributed by atoms with van der Waals surface area (Å²) in [6.07, 6.45) is 2.13. The van der Waals surface area contributed by atoms with E-state index in [2.05, 4.69) is 20.1 Å². The van der Waals surface area contributed by atoms with Crippen molar-refractivity contribution in [1.82, 2.24) is 20.1 Å². The number of methoxy groups -OCH3 is 1. The summed E-state index contributed by atoms with van der Waals surface area (Å²) in [5.74, 6) is 2.16. The van der Waals surface area contributed by atoms with Crippen molar-refractivity contribution in [3.8, 4) is 5.75 Å². The van der Waals surface area contributed by atoms with Gasteiger partial charge in [-0.25, -0.2) is 0 Å². The summed E-state index contributed by atoms with van der Waals surface area (Å²) in [6.45, 7) is 4.29. The third-order valence-corrected chi connectivity index (χ3v) is 4.44. The number of amides is 1. The molecule has 132 valence electrons. The Morgan fingerprint density at radius 1 is 1.36 bits per heavy atom. The quantitative estimate of drug-likeness (QED) is 0.810. The molecule has 0 fully saturated rings. The fraction of sp³-hybridized carbons (Fsp3) is 0.444. The summed E-state index contributed by atoms with van der Waals surface area (Å²) in [7, 11) is 1.55. The van der Waals surface area contributed by atoms with Gasteiger partial charge in [0.2, 0.25) is 5.91 Å². The zero-order chi connectivity index (χ0) is 18.0. The van der Waals surface area contributed by atoms with Gasteiger partial charge in [-0.05, 0) is 38.5 Å². The molecule has 1 amide bonds. The molecule has 1 aromatic carbocycles. The smallest absolute Gasteiger partial charge is 0.225 e. The molecule has 0 saturated carbocycles. The molecule has 1 aliphatic rings. The minimum Gasteiger partial charge on any atom is -0.496 e. The Kier molecular flexibility index (Phi) is 4.83. The summed E-state index contributed by atoms with van der Waals surface area (Å²) in [5, 5.41) is 11.3. The summed E-state index contributed by atoms with van der Waals surface area (Å²) in [6, 6.07) is 4.90. The van der Waals surface area contributed by atoms with E-state index >= 15 is 0 Å². The second-order valence-corrected chi connectivity index (χ2v) is 6.28. The lowest BCUT2D eigenvalue weighted by molar-refractivity contribution is -0.121. The van der Waals surface area contributed by atoms with Gasteiger partial charge in [0.15, 0.2) is 11.6 Å². The van der Waals surface area contributed by atoms with E-state index < -0.39 is 0 Å². The number of nitrogens with zero attached hydrogens (tertiary/aromatic N) is 3. The number of nitrogens with one attached hydrogen (secondary N) is 1. The average Bonchev–Trinajstić information content (AvgIpc) is 3.17. The lowest BCUT2D eigenvalue weighted by Crippen LogP contribution is -2.30. The number of aromatic nitrogens is 3. The summed E-state index contributed by atoms with van der Waals surface area (Å²) < 4.78 is 7.37. The molecule has 0 radical (unpaired) electrons. The number of hydrogen-bond acceptors (Lipinski definition) is 5. The van der Waals surface area contributed by atoms with Crippen molar-refractivity contribution in [3.05, 3.63) is 41.0 Å². The predicted octanol–water partition coefficient (Wildman–Crippen LogP) is 1.86. The predicted molar refractivity (Wildman–Crippen MR) is 91.6 cm³/mol. The molecule has 7 nitrogen and oxygen atoms in total. The van der Waals surface area contributed by atoms with E-state index in [1.165, 1.54) is 6.92 Å². The van der Waals surface area contributed by atoms with Crippen LogP contribution in [0.4, 0.5) is 0 Å². The molecule has 0 saturated heterocycles. The lowest BCUT2D eigenvalue weighted by atomic mass is 10.0. The number of carbonyl (C=O) groups excluding carboxylic acids is 2. The number of benzene rings is 1. The maximum absolute atomic E-state index is 12.5. The molecular weight excluding hydrogens is 320 g/mol. The van der Waals surface area contributed by atoms with E-state index in [4.69, 9.17) is 4.74 Å². The number of carbonyl (C=O) groups is 2. The molecule has 0 bridgehead atoms. The molecule has 0 spiro atoms. The molecule has 1 atom stereocenters. The highest BCUT2D eigenvalue weighted by Crippen LogP contribution is 2.22. The topological polar surface area (TPSA) is 86.1 Å². The fourth-order valence-electron chi connectivity index (χ4n) is 3.16. The van der Waals surface area contributed by atoms with Crippen LogP contribution in [-0.4, -0.2) is 33.6 Å². The normalized spacial score (nSPS) is 14.0. The van der Waals surface area contributed by atoms with E-state index in [1.807, 2.05) is 6.92 Å². The maximum Gasteiger partial charge on any atom is 0.225 e. The largest absolute Gasteiger partial charge is 0.496 e. The Morgan fingerprint density at radius 2 is 2.16 bits per heavy atom. The second-order valence-electron chi connectivity index (χ2n) is 6.28. The van der Waals surface area contributed by atoms with Gasteiger partial charge in [0.1, 0.15) is 11.6 Å². The molecule has 1 unspecified atom stereocenters. The van der Waals surface area contributed by atoms with Gasteiger partial charge in [0.25, 0.3) is 0 Å². The molecule has 1 aliphatic heterocycles. The molecule has 3 rings (SSSR count). The second kappa shape index (κ2) is 7.04.